The molecule has 2 N–H and O–H groups in total. The first kappa shape index (κ1) is 20.0. The van der Waals surface area contributed by atoms with Crippen LogP contribution in [0, 0.1) is 0 Å². The van der Waals surface area contributed by atoms with Crippen LogP contribution < -0.4 is 20.4 Å². The van der Waals surface area contributed by atoms with Gasteiger partial charge in [0, 0.05) is 68.5 Å². The van der Waals surface area contributed by atoms with Gasteiger partial charge in [0.1, 0.15) is 17.5 Å². The number of aromatic nitrogens is 5. The topological polar surface area (TPSA) is 87.0 Å². The molecule has 9 heteroatoms. The Labute approximate surface area is 182 Å². The number of piperazine rings is 1. The van der Waals surface area contributed by atoms with Crippen LogP contribution in [0.5, 0.6) is 0 Å². The SMILES string of the molecule is CC(C)n1ncc2cnc(Nc3cc(N4CCCC4)nc(N4CCNC[C@@H]4C)n3)cc21. The molecule has 1 atom stereocenters. The van der Waals surface area contributed by atoms with Gasteiger partial charge in [-0.05, 0) is 33.6 Å². The summed E-state index contributed by atoms with van der Waals surface area (Å²) in [7, 11) is 0. The maximum absolute atomic E-state index is 4.95. The highest BCUT2D eigenvalue weighted by atomic mass is 15.3. The van der Waals surface area contributed by atoms with Crippen molar-refractivity contribution in [3.8, 4) is 0 Å². The Hall–Kier alpha value is -2.94. The number of anilines is 4. The zero-order valence-electron chi connectivity index (χ0n) is 18.5. The summed E-state index contributed by atoms with van der Waals surface area (Å²) in [6, 6.07) is 4.74. The molecular weight excluding hydrogens is 390 g/mol. The third-order valence-corrected chi connectivity index (χ3v) is 6.11. The monoisotopic (exact) mass is 421 g/mol. The van der Waals surface area contributed by atoms with Gasteiger partial charge in [0.05, 0.1) is 11.7 Å². The molecule has 0 unspecified atom stereocenters. The van der Waals surface area contributed by atoms with Gasteiger partial charge in [0.2, 0.25) is 5.95 Å². The van der Waals surface area contributed by atoms with Crippen LogP contribution in [0.3, 0.4) is 0 Å². The largest absolute Gasteiger partial charge is 0.356 e. The number of hydrogen-bond acceptors (Lipinski definition) is 8. The van der Waals surface area contributed by atoms with Crippen molar-refractivity contribution in [3.05, 3.63) is 24.5 Å². The molecule has 0 aromatic carbocycles. The van der Waals surface area contributed by atoms with Gasteiger partial charge in [-0.1, -0.05) is 0 Å². The van der Waals surface area contributed by atoms with Crippen LogP contribution in [0.2, 0.25) is 0 Å². The lowest BCUT2D eigenvalue weighted by molar-refractivity contribution is 0.493. The molecule has 2 saturated heterocycles. The second kappa shape index (κ2) is 8.30. The van der Waals surface area contributed by atoms with Gasteiger partial charge in [-0.15, -0.1) is 0 Å². The first-order chi connectivity index (χ1) is 15.1. The Morgan fingerprint density at radius 2 is 1.90 bits per heavy atom. The fourth-order valence-electron chi connectivity index (χ4n) is 4.41. The summed E-state index contributed by atoms with van der Waals surface area (Å²) < 4.78 is 2.02. The fourth-order valence-corrected chi connectivity index (χ4v) is 4.41. The van der Waals surface area contributed by atoms with E-state index in [1.54, 1.807) is 0 Å². The van der Waals surface area contributed by atoms with Gasteiger partial charge in [-0.25, -0.2) is 4.98 Å². The second-order valence-corrected chi connectivity index (χ2v) is 8.79. The molecule has 0 bridgehead atoms. The van der Waals surface area contributed by atoms with E-state index in [-0.39, 0.29) is 6.04 Å². The maximum Gasteiger partial charge on any atom is 0.229 e. The Bertz CT molecular complexity index is 1050. The molecule has 0 saturated carbocycles. The highest BCUT2D eigenvalue weighted by Crippen LogP contribution is 2.27. The van der Waals surface area contributed by atoms with Gasteiger partial charge in [-0.2, -0.15) is 15.1 Å². The molecule has 3 aromatic rings. The molecule has 2 fully saturated rings. The molecule has 5 heterocycles. The van der Waals surface area contributed by atoms with E-state index in [1.807, 2.05) is 29.2 Å². The van der Waals surface area contributed by atoms with Crippen molar-refractivity contribution in [2.24, 2.45) is 0 Å². The van der Waals surface area contributed by atoms with E-state index in [0.717, 1.165) is 67.0 Å². The van der Waals surface area contributed by atoms with E-state index >= 15 is 0 Å². The van der Waals surface area contributed by atoms with Crippen LogP contribution >= 0.6 is 0 Å². The van der Waals surface area contributed by atoms with Crippen molar-refractivity contribution in [2.45, 2.75) is 45.7 Å². The predicted molar refractivity (Wildman–Crippen MR) is 124 cm³/mol. The van der Waals surface area contributed by atoms with Crippen molar-refractivity contribution in [3.63, 3.8) is 0 Å². The molecule has 3 aromatic heterocycles. The molecule has 31 heavy (non-hydrogen) atoms. The smallest absolute Gasteiger partial charge is 0.229 e. The van der Waals surface area contributed by atoms with E-state index in [1.165, 1.54) is 12.8 Å². The van der Waals surface area contributed by atoms with Crippen molar-refractivity contribution in [1.29, 1.82) is 0 Å². The number of nitrogens with one attached hydrogen (secondary N) is 2. The van der Waals surface area contributed by atoms with Gasteiger partial charge in [-0.3, -0.25) is 4.68 Å². The van der Waals surface area contributed by atoms with E-state index in [4.69, 9.17) is 9.97 Å². The molecule has 0 aliphatic carbocycles. The minimum Gasteiger partial charge on any atom is -0.356 e. The van der Waals surface area contributed by atoms with Crippen molar-refractivity contribution < 1.29 is 0 Å². The second-order valence-electron chi connectivity index (χ2n) is 8.79. The van der Waals surface area contributed by atoms with E-state index in [0.29, 0.717) is 6.04 Å². The quantitative estimate of drug-likeness (QED) is 0.650. The van der Waals surface area contributed by atoms with Crippen molar-refractivity contribution >= 4 is 34.3 Å². The average Bonchev–Trinajstić information content (AvgIpc) is 3.44. The Morgan fingerprint density at radius 3 is 2.68 bits per heavy atom. The molecule has 0 radical (unpaired) electrons. The third kappa shape index (κ3) is 4.01. The summed E-state index contributed by atoms with van der Waals surface area (Å²) in [6.45, 7) is 11.4. The molecule has 0 spiro atoms. The molecule has 0 amide bonds. The number of nitrogens with zero attached hydrogens (tertiary/aromatic N) is 7. The zero-order valence-corrected chi connectivity index (χ0v) is 18.5. The van der Waals surface area contributed by atoms with Crippen LogP contribution in [-0.2, 0) is 0 Å². The van der Waals surface area contributed by atoms with Crippen LogP contribution in [0.25, 0.3) is 10.9 Å². The standard InChI is InChI=1S/C22H31N9/c1-15(2)31-18-10-19(24-13-17(18)14-25-31)26-20-11-21(29-7-4-5-8-29)28-22(27-20)30-9-6-23-12-16(30)3/h10-11,13-16,23H,4-9,12H2,1-3H3,(H,24,26,27,28)/t16-/m0/s1. The van der Waals surface area contributed by atoms with E-state index in [2.05, 4.69) is 51.3 Å². The summed E-state index contributed by atoms with van der Waals surface area (Å²) in [6.07, 6.45) is 6.16. The third-order valence-electron chi connectivity index (χ3n) is 6.11. The van der Waals surface area contributed by atoms with E-state index < -0.39 is 0 Å². The average molecular weight is 422 g/mol. The molecular formula is C22H31N9. The normalized spacial score (nSPS) is 19.5. The Kier molecular flexibility index (Phi) is 5.35. The molecule has 5 rings (SSSR count). The number of rotatable bonds is 5. The number of fused-ring (bicyclic) bond motifs is 1. The minimum absolute atomic E-state index is 0.286. The lowest BCUT2D eigenvalue weighted by Crippen LogP contribution is -2.50. The zero-order chi connectivity index (χ0) is 21.4. The molecule has 164 valence electrons. The van der Waals surface area contributed by atoms with Crippen LogP contribution in [0.1, 0.15) is 39.7 Å². The summed E-state index contributed by atoms with van der Waals surface area (Å²) in [5, 5.41) is 12.4. The van der Waals surface area contributed by atoms with Gasteiger partial charge >= 0.3 is 0 Å². The summed E-state index contributed by atoms with van der Waals surface area (Å²) >= 11 is 0. The number of pyridine rings is 1. The Morgan fingerprint density at radius 1 is 1.06 bits per heavy atom. The van der Waals surface area contributed by atoms with Crippen LogP contribution in [-0.4, -0.2) is 63.5 Å². The lowest BCUT2D eigenvalue weighted by atomic mass is 10.2. The first-order valence-electron chi connectivity index (χ1n) is 11.3. The van der Waals surface area contributed by atoms with Gasteiger partial charge in [0.25, 0.3) is 0 Å². The fraction of sp³-hybridized carbons (Fsp3) is 0.545. The van der Waals surface area contributed by atoms with Crippen LogP contribution in [0.15, 0.2) is 24.5 Å². The lowest BCUT2D eigenvalue weighted by Gasteiger charge is -2.34. The number of hydrogen-bond donors (Lipinski definition) is 2. The highest BCUT2D eigenvalue weighted by Gasteiger charge is 2.23. The van der Waals surface area contributed by atoms with Gasteiger partial charge in [0.15, 0.2) is 0 Å². The molecule has 2 aliphatic heterocycles. The summed E-state index contributed by atoms with van der Waals surface area (Å²) in [4.78, 5) is 19.1. The molecule has 9 nitrogen and oxygen atoms in total. The first-order valence-corrected chi connectivity index (χ1v) is 11.3. The predicted octanol–water partition coefficient (Wildman–Crippen LogP) is 2.94. The van der Waals surface area contributed by atoms with Crippen molar-refractivity contribution in [1.82, 2.24) is 30.0 Å². The minimum atomic E-state index is 0.286. The molecule has 2 aliphatic rings. The van der Waals surface area contributed by atoms with E-state index in [9.17, 15) is 0 Å². The Balaban J connectivity index is 1.50. The van der Waals surface area contributed by atoms with Gasteiger partial charge < -0.3 is 20.4 Å². The maximum atomic E-state index is 4.95. The van der Waals surface area contributed by atoms with Crippen molar-refractivity contribution in [2.75, 3.05) is 47.8 Å². The van der Waals surface area contributed by atoms with Crippen LogP contribution in [0.4, 0.5) is 23.4 Å². The highest BCUT2D eigenvalue weighted by molar-refractivity contribution is 5.81. The summed E-state index contributed by atoms with van der Waals surface area (Å²) in [5.74, 6) is 3.32. The summed E-state index contributed by atoms with van der Waals surface area (Å²) in [5.41, 5.74) is 1.07.